The van der Waals surface area contributed by atoms with Gasteiger partial charge in [0.1, 0.15) is 0 Å². The van der Waals surface area contributed by atoms with Crippen molar-refractivity contribution in [3.8, 4) is 0 Å². The first-order valence-corrected chi connectivity index (χ1v) is 5.31. The SMILES string of the molecule is C=CCC(N)C(=O)Nc1ccc2cn[nH]c2c1. The highest BCUT2D eigenvalue weighted by Crippen LogP contribution is 2.16. The van der Waals surface area contributed by atoms with E-state index in [0.717, 1.165) is 10.9 Å². The van der Waals surface area contributed by atoms with Gasteiger partial charge in [-0.1, -0.05) is 6.08 Å². The molecule has 5 nitrogen and oxygen atoms in total. The van der Waals surface area contributed by atoms with Crippen LogP contribution in [0.2, 0.25) is 0 Å². The average Bonchev–Trinajstić information content (AvgIpc) is 2.76. The molecule has 0 radical (unpaired) electrons. The molecule has 1 aromatic heterocycles. The van der Waals surface area contributed by atoms with Crippen LogP contribution in [-0.2, 0) is 4.79 Å². The predicted molar refractivity (Wildman–Crippen MR) is 67.5 cm³/mol. The largest absolute Gasteiger partial charge is 0.325 e. The van der Waals surface area contributed by atoms with Crippen LogP contribution in [0, 0.1) is 0 Å². The summed E-state index contributed by atoms with van der Waals surface area (Å²) in [5.74, 6) is -0.219. The summed E-state index contributed by atoms with van der Waals surface area (Å²) in [7, 11) is 0. The van der Waals surface area contributed by atoms with E-state index in [0.29, 0.717) is 12.1 Å². The normalized spacial score (nSPS) is 12.3. The van der Waals surface area contributed by atoms with Gasteiger partial charge in [-0.05, 0) is 24.6 Å². The standard InChI is InChI=1S/C12H14N4O/c1-2-3-10(13)12(17)15-9-5-4-8-7-14-16-11(8)6-9/h2,4-7,10H,1,3,13H2,(H,14,16)(H,15,17). The lowest BCUT2D eigenvalue weighted by Crippen LogP contribution is -2.35. The Labute approximate surface area is 98.7 Å². The minimum atomic E-state index is -0.565. The van der Waals surface area contributed by atoms with E-state index in [2.05, 4.69) is 22.1 Å². The van der Waals surface area contributed by atoms with Crippen LogP contribution in [-0.4, -0.2) is 22.1 Å². The van der Waals surface area contributed by atoms with E-state index in [1.807, 2.05) is 18.2 Å². The van der Waals surface area contributed by atoms with E-state index < -0.39 is 6.04 Å². The van der Waals surface area contributed by atoms with Gasteiger partial charge in [0.25, 0.3) is 0 Å². The Hall–Kier alpha value is -2.14. The monoisotopic (exact) mass is 230 g/mol. The van der Waals surface area contributed by atoms with Crippen LogP contribution in [0.5, 0.6) is 0 Å². The van der Waals surface area contributed by atoms with Crippen molar-refractivity contribution < 1.29 is 4.79 Å². The van der Waals surface area contributed by atoms with E-state index in [1.165, 1.54) is 0 Å². The summed E-state index contributed by atoms with van der Waals surface area (Å²) in [6, 6.07) is 4.95. The Kier molecular flexibility index (Phi) is 3.20. The van der Waals surface area contributed by atoms with Gasteiger partial charge in [0.2, 0.25) is 5.91 Å². The number of nitrogens with one attached hydrogen (secondary N) is 2. The maximum atomic E-state index is 11.7. The van der Waals surface area contributed by atoms with Crippen molar-refractivity contribution in [2.45, 2.75) is 12.5 Å². The van der Waals surface area contributed by atoms with Crippen molar-refractivity contribution in [2.75, 3.05) is 5.32 Å². The molecule has 4 N–H and O–H groups in total. The van der Waals surface area contributed by atoms with Gasteiger partial charge >= 0.3 is 0 Å². The second-order valence-electron chi connectivity index (χ2n) is 3.79. The van der Waals surface area contributed by atoms with Gasteiger partial charge in [0, 0.05) is 11.1 Å². The maximum Gasteiger partial charge on any atom is 0.241 e. The van der Waals surface area contributed by atoms with Crippen molar-refractivity contribution in [1.29, 1.82) is 0 Å². The number of carbonyl (C=O) groups excluding carboxylic acids is 1. The molecule has 0 spiro atoms. The third-order valence-electron chi connectivity index (χ3n) is 2.47. The molecule has 0 saturated carbocycles. The highest BCUT2D eigenvalue weighted by atomic mass is 16.2. The van der Waals surface area contributed by atoms with Gasteiger partial charge in [0.15, 0.2) is 0 Å². The van der Waals surface area contributed by atoms with Crippen LogP contribution < -0.4 is 11.1 Å². The molecule has 88 valence electrons. The maximum absolute atomic E-state index is 11.7. The van der Waals surface area contributed by atoms with Crippen LogP contribution in [0.15, 0.2) is 37.1 Å². The minimum absolute atomic E-state index is 0.219. The molecule has 1 unspecified atom stereocenters. The number of hydrogen-bond donors (Lipinski definition) is 3. The molecule has 1 aromatic carbocycles. The number of aromatic nitrogens is 2. The quantitative estimate of drug-likeness (QED) is 0.694. The molecular weight excluding hydrogens is 216 g/mol. The zero-order valence-corrected chi connectivity index (χ0v) is 9.31. The minimum Gasteiger partial charge on any atom is -0.325 e. The van der Waals surface area contributed by atoms with Crippen LogP contribution in [0.1, 0.15) is 6.42 Å². The van der Waals surface area contributed by atoms with E-state index in [4.69, 9.17) is 5.73 Å². The number of benzene rings is 1. The molecule has 1 heterocycles. The van der Waals surface area contributed by atoms with Gasteiger partial charge in [-0.25, -0.2) is 0 Å². The zero-order chi connectivity index (χ0) is 12.3. The van der Waals surface area contributed by atoms with Crippen LogP contribution >= 0.6 is 0 Å². The number of anilines is 1. The number of nitrogens with zero attached hydrogens (tertiary/aromatic N) is 1. The highest BCUT2D eigenvalue weighted by Gasteiger charge is 2.11. The Bertz CT molecular complexity index is 546. The van der Waals surface area contributed by atoms with E-state index >= 15 is 0 Å². The van der Waals surface area contributed by atoms with E-state index in [-0.39, 0.29) is 5.91 Å². The molecule has 0 aliphatic carbocycles. The van der Waals surface area contributed by atoms with Crippen molar-refractivity contribution >= 4 is 22.5 Å². The van der Waals surface area contributed by atoms with Gasteiger partial charge in [-0.15, -0.1) is 6.58 Å². The van der Waals surface area contributed by atoms with Crippen molar-refractivity contribution in [2.24, 2.45) is 5.73 Å². The first-order chi connectivity index (χ1) is 8.20. The van der Waals surface area contributed by atoms with Crippen molar-refractivity contribution in [3.05, 3.63) is 37.1 Å². The van der Waals surface area contributed by atoms with Gasteiger partial charge in [-0.2, -0.15) is 5.10 Å². The number of hydrogen-bond acceptors (Lipinski definition) is 3. The van der Waals surface area contributed by atoms with Crippen molar-refractivity contribution in [3.63, 3.8) is 0 Å². The Morgan fingerprint density at radius 3 is 3.24 bits per heavy atom. The zero-order valence-electron chi connectivity index (χ0n) is 9.31. The molecule has 0 saturated heterocycles. The molecular formula is C12H14N4O. The summed E-state index contributed by atoms with van der Waals surface area (Å²) in [5, 5.41) is 10.5. The second kappa shape index (κ2) is 4.80. The summed E-state index contributed by atoms with van der Waals surface area (Å²) in [6.45, 7) is 3.55. The van der Waals surface area contributed by atoms with E-state index in [9.17, 15) is 4.79 Å². The van der Waals surface area contributed by atoms with Gasteiger partial charge in [-0.3, -0.25) is 9.89 Å². The second-order valence-corrected chi connectivity index (χ2v) is 3.79. The topological polar surface area (TPSA) is 83.8 Å². The number of nitrogens with two attached hydrogens (primary N) is 1. The third kappa shape index (κ3) is 2.51. The molecule has 5 heteroatoms. The third-order valence-corrected chi connectivity index (χ3v) is 2.47. The Balaban J connectivity index is 2.12. The van der Waals surface area contributed by atoms with Crippen LogP contribution in [0.4, 0.5) is 5.69 Å². The fourth-order valence-corrected chi connectivity index (χ4v) is 1.54. The number of rotatable bonds is 4. The summed E-state index contributed by atoms with van der Waals surface area (Å²) in [4.78, 5) is 11.7. The van der Waals surface area contributed by atoms with E-state index in [1.54, 1.807) is 12.3 Å². The fourth-order valence-electron chi connectivity index (χ4n) is 1.54. The molecule has 0 bridgehead atoms. The Morgan fingerprint density at radius 2 is 2.47 bits per heavy atom. The molecule has 2 aromatic rings. The summed E-state index contributed by atoms with van der Waals surface area (Å²) in [6.07, 6.45) is 3.81. The molecule has 0 aliphatic rings. The van der Waals surface area contributed by atoms with Gasteiger partial charge < -0.3 is 11.1 Å². The highest BCUT2D eigenvalue weighted by molar-refractivity contribution is 5.96. The summed E-state index contributed by atoms with van der Waals surface area (Å²) >= 11 is 0. The molecule has 1 amide bonds. The van der Waals surface area contributed by atoms with Crippen LogP contribution in [0.3, 0.4) is 0 Å². The summed E-state index contributed by atoms with van der Waals surface area (Å²) < 4.78 is 0. The average molecular weight is 230 g/mol. The fraction of sp³-hybridized carbons (Fsp3) is 0.167. The van der Waals surface area contributed by atoms with Crippen molar-refractivity contribution in [1.82, 2.24) is 10.2 Å². The molecule has 0 fully saturated rings. The number of aromatic amines is 1. The number of H-pyrrole nitrogens is 1. The first kappa shape index (κ1) is 11.3. The number of fused-ring (bicyclic) bond motifs is 1. The lowest BCUT2D eigenvalue weighted by molar-refractivity contribution is -0.117. The smallest absolute Gasteiger partial charge is 0.241 e. The summed E-state index contributed by atoms with van der Waals surface area (Å²) in [5.41, 5.74) is 7.24. The molecule has 17 heavy (non-hydrogen) atoms. The number of carbonyl (C=O) groups is 1. The predicted octanol–water partition coefficient (Wildman–Crippen LogP) is 1.40. The molecule has 2 rings (SSSR count). The lowest BCUT2D eigenvalue weighted by Gasteiger charge is -2.10. The van der Waals surface area contributed by atoms with Crippen LogP contribution in [0.25, 0.3) is 10.9 Å². The van der Waals surface area contributed by atoms with Gasteiger partial charge in [0.05, 0.1) is 17.8 Å². The number of amides is 1. The first-order valence-electron chi connectivity index (χ1n) is 5.31. The lowest BCUT2D eigenvalue weighted by atomic mass is 10.2. The Morgan fingerprint density at radius 1 is 1.65 bits per heavy atom. The molecule has 1 atom stereocenters. The molecule has 0 aliphatic heterocycles.